The number of nitrogens with zero attached hydrogens (tertiary/aromatic N) is 4. The first-order valence-corrected chi connectivity index (χ1v) is 9.14. The van der Waals surface area contributed by atoms with Crippen molar-refractivity contribution < 1.29 is 9.72 Å². The Morgan fingerprint density at radius 2 is 1.90 bits per heavy atom. The highest BCUT2D eigenvalue weighted by Crippen LogP contribution is 2.23. The number of nitrogens with two attached hydrogens (primary N) is 1. The Balaban J connectivity index is 1.70. The standard InChI is InChI=1S/C20H22N6O3/c1-13(2)14-3-5-15(6-4-14)17(21)10-23-20(27)16-7-8-18(19(9-16)26(28)29)25-12-22-11-24-25/h3-9,11-13,17H,10,21H2,1-2H3,(H,23,27). The third-order valence-corrected chi connectivity index (χ3v) is 4.61. The zero-order chi connectivity index (χ0) is 21.0. The molecule has 0 bridgehead atoms. The summed E-state index contributed by atoms with van der Waals surface area (Å²) < 4.78 is 1.27. The maximum atomic E-state index is 12.5. The summed E-state index contributed by atoms with van der Waals surface area (Å²) in [6, 6.07) is 11.7. The fourth-order valence-corrected chi connectivity index (χ4v) is 2.89. The number of nitro groups is 1. The lowest BCUT2D eigenvalue weighted by molar-refractivity contribution is -0.384. The molecule has 0 fully saturated rings. The average molecular weight is 394 g/mol. The maximum absolute atomic E-state index is 12.5. The normalized spacial score (nSPS) is 12.0. The molecule has 0 saturated carbocycles. The molecule has 3 N–H and O–H groups in total. The van der Waals surface area contributed by atoms with Crippen molar-refractivity contribution >= 4 is 11.6 Å². The van der Waals surface area contributed by atoms with Gasteiger partial charge in [-0.1, -0.05) is 38.1 Å². The second kappa shape index (κ2) is 8.61. The maximum Gasteiger partial charge on any atom is 0.295 e. The molecule has 0 radical (unpaired) electrons. The number of amides is 1. The first-order valence-electron chi connectivity index (χ1n) is 9.14. The van der Waals surface area contributed by atoms with Crippen LogP contribution in [0, 0.1) is 10.1 Å². The second-order valence-corrected chi connectivity index (χ2v) is 6.94. The average Bonchev–Trinajstić information content (AvgIpc) is 3.26. The van der Waals surface area contributed by atoms with Gasteiger partial charge in [-0.25, -0.2) is 9.67 Å². The Morgan fingerprint density at radius 1 is 1.21 bits per heavy atom. The third kappa shape index (κ3) is 4.64. The summed E-state index contributed by atoms with van der Waals surface area (Å²) in [5, 5.41) is 18.0. The van der Waals surface area contributed by atoms with Crippen LogP contribution < -0.4 is 11.1 Å². The molecule has 1 aromatic heterocycles. The van der Waals surface area contributed by atoms with E-state index in [0.29, 0.717) is 5.92 Å². The Kier molecular flexibility index (Phi) is 5.99. The third-order valence-electron chi connectivity index (χ3n) is 4.61. The minimum absolute atomic E-state index is 0.169. The highest BCUT2D eigenvalue weighted by molar-refractivity contribution is 5.95. The molecule has 3 rings (SSSR count). The highest BCUT2D eigenvalue weighted by Gasteiger charge is 2.20. The van der Waals surface area contributed by atoms with Crippen LogP contribution in [0.1, 0.15) is 47.3 Å². The van der Waals surface area contributed by atoms with Crippen LogP contribution in [0.25, 0.3) is 5.69 Å². The van der Waals surface area contributed by atoms with Gasteiger partial charge in [-0.15, -0.1) is 0 Å². The van der Waals surface area contributed by atoms with E-state index >= 15 is 0 Å². The van der Waals surface area contributed by atoms with Gasteiger partial charge in [0.2, 0.25) is 0 Å². The lowest BCUT2D eigenvalue weighted by Gasteiger charge is -2.15. The Hall–Kier alpha value is -3.59. The predicted octanol–water partition coefficient (Wildman–Crippen LogP) is 2.73. The molecular weight excluding hydrogens is 372 g/mol. The molecule has 9 nitrogen and oxygen atoms in total. The van der Waals surface area contributed by atoms with Gasteiger partial charge in [0.05, 0.1) is 4.92 Å². The van der Waals surface area contributed by atoms with E-state index in [1.165, 1.54) is 41.1 Å². The number of hydrogen-bond acceptors (Lipinski definition) is 6. The van der Waals surface area contributed by atoms with Gasteiger partial charge < -0.3 is 11.1 Å². The van der Waals surface area contributed by atoms with E-state index in [0.717, 1.165) is 5.56 Å². The number of nitro benzene ring substituents is 1. The van der Waals surface area contributed by atoms with Crippen LogP contribution >= 0.6 is 0 Å². The monoisotopic (exact) mass is 394 g/mol. The fraction of sp³-hybridized carbons (Fsp3) is 0.250. The summed E-state index contributed by atoms with van der Waals surface area (Å²) in [6.45, 7) is 4.43. The van der Waals surface area contributed by atoms with E-state index in [1.54, 1.807) is 0 Å². The molecule has 150 valence electrons. The van der Waals surface area contributed by atoms with E-state index in [-0.39, 0.29) is 29.5 Å². The molecule has 2 aromatic carbocycles. The van der Waals surface area contributed by atoms with Crippen molar-refractivity contribution in [3.8, 4) is 5.69 Å². The number of rotatable bonds is 7. The van der Waals surface area contributed by atoms with Crippen LogP contribution in [-0.2, 0) is 0 Å². The van der Waals surface area contributed by atoms with E-state index in [4.69, 9.17) is 5.73 Å². The molecule has 1 atom stereocenters. The van der Waals surface area contributed by atoms with Gasteiger partial charge in [-0.05, 0) is 29.2 Å². The van der Waals surface area contributed by atoms with E-state index in [2.05, 4.69) is 29.2 Å². The minimum Gasteiger partial charge on any atom is -0.350 e. The predicted molar refractivity (Wildman–Crippen MR) is 108 cm³/mol. The largest absolute Gasteiger partial charge is 0.350 e. The van der Waals surface area contributed by atoms with Crippen LogP contribution in [-0.4, -0.2) is 32.1 Å². The molecule has 0 saturated heterocycles. The molecule has 0 aliphatic heterocycles. The smallest absolute Gasteiger partial charge is 0.295 e. The van der Waals surface area contributed by atoms with Crippen LogP contribution in [0.5, 0.6) is 0 Å². The van der Waals surface area contributed by atoms with Crippen molar-refractivity contribution in [3.63, 3.8) is 0 Å². The van der Waals surface area contributed by atoms with Gasteiger partial charge in [0, 0.05) is 24.2 Å². The first-order chi connectivity index (χ1) is 13.9. The summed E-state index contributed by atoms with van der Waals surface area (Å²) in [4.78, 5) is 27.1. The molecule has 29 heavy (non-hydrogen) atoms. The Morgan fingerprint density at radius 3 is 2.48 bits per heavy atom. The van der Waals surface area contributed by atoms with Crippen LogP contribution in [0.3, 0.4) is 0 Å². The zero-order valence-electron chi connectivity index (χ0n) is 16.1. The summed E-state index contributed by atoms with van der Waals surface area (Å²) in [7, 11) is 0. The molecule has 1 heterocycles. The SMILES string of the molecule is CC(C)c1ccc(C(N)CNC(=O)c2ccc(-n3cncn3)c([N+](=O)[O-])c2)cc1. The summed E-state index contributed by atoms with van der Waals surface area (Å²) >= 11 is 0. The van der Waals surface area contributed by atoms with Crippen LogP contribution in [0.15, 0.2) is 55.1 Å². The molecular formula is C20H22N6O3. The second-order valence-electron chi connectivity index (χ2n) is 6.94. The van der Waals surface area contributed by atoms with E-state index < -0.39 is 10.8 Å². The quantitative estimate of drug-likeness (QED) is 0.468. The van der Waals surface area contributed by atoms with Gasteiger partial charge in [0.1, 0.15) is 18.3 Å². The van der Waals surface area contributed by atoms with Gasteiger partial charge in [0.25, 0.3) is 11.6 Å². The molecule has 1 unspecified atom stereocenters. The first kappa shape index (κ1) is 20.2. The molecule has 9 heteroatoms. The van der Waals surface area contributed by atoms with Crippen molar-refractivity contribution in [2.75, 3.05) is 6.54 Å². The van der Waals surface area contributed by atoms with Crippen molar-refractivity contribution in [1.82, 2.24) is 20.1 Å². The minimum atomic E-state index is -0.560. The van der Waals surface area contributed by atoms with Gasteiger partial charge >= 0.3 is 0 Å². The van der Waals surface area contributed by atoms with Crippen molar-refractivity contribution in [2.24, 2.45) is 5.73 Å². The van der Waals surface area contributed by atoms with E-state index in [1.807, 2.05) is 24.3 Å². The van der Waals surface area contributed by atoms with Gasteiger partial charge in [0.15, 0.2) is 0 Å². The lowest BCUT2D eigenvalue weighted by atomic mass is 9.99. The highest BCUT2D eigenvalue weighted by atomic mass is 16.6. The van der Waals surface area contributed by atoms with Crippen LogP contribution in [0.4, 0.5) is 5.69 Å². The van der Waals surface area contributed by atoms with Gasteiger partial charge in [-0.2, -0.15) is 5.10 Å². The van der Waals surface area contributed by atoms with Crippen molar-refractivity contribution in [2.45, 2.75) is 25.8 Å². The Labute approximate surface area is 167 Å². The number of benzene rings is 2. The topological polar surface area (TPSA) is 129 Å². The number of carbonyl (C=O) groups excluding carboxylic acids is 1. The fourth-order valence-electron chi connectivity index (χ4n) is 2.89. The Bertz CT molecular complexity index is 1000. The number of carbonyl (C=O) groups is 1. The van der Waals surface area contributed by atoms with Crippen LogP contribution in [0.2, 0.25) is 0 Å². The van der Waals surface area contributed by atoms with Crippen molar-refractivity contribution in [3.05, 3.63) is 81.9 Å². The molecule has 3 aromatic rings. The molecule has 0 aliphatic carbocycles. The molecule has 1 amide bonds. The molecule has 0 spiro atoms. The van der Waals surface area contributed by atoms with Gasteiger partial charge in [-0.3, -0.25) is 14.9 Å². The summed E-state index contributed by atoms with van der Waals surface area (Å²) in [5.74, 6) is -0.0104. The number of hydrogen-bond donors (Lipinski definition) is 2. The number of aromatic nitrogens is 3. The zero-order valence-corrected chi connectivity index (χ0v) is 16.1. The lowest BCUT2D eigenvalue weighted by Crippen LogP contribution is -2.32. The van der Waals surface area contributed by atoms with Crippen molar-refractivity contribution in [1.29, 1.82) is 0 Å². The van der Waals surface area contributed by atoms with E-state index in [9.17, 15) is 14.9 Å². The summed E-state index contributed by atoms with van der Waals surface area (Å²) in [6.07, 6.45) is 2.63. The molecule has 0 aliphatic rings. The number of nitrogens with one attached hydrogen (secondary N) is 1. The summed E-state index contributed by atoms with van der Waals surface area (Å²) in [5.41, 5.74) is 8.45.